The lowest BCUT2D eigenvalue weighted by atomic mass is 9.94. The fourth-order valence-electron chi connectivity index (χ4n) is 2.43. The number of nitrogens with two attached hydrogens (primary N) is 1. The summed E-state index contributed by atoms with van der Waals surface area (Å²) in [5.74, 6) is 0.397. The van der Waals surface area contributed by atoms with Gasteiger partial charge < -0.3 is 10.6 Å². The molecule has 0 radical (unpaired) electrons. The molecule has 3 heteroatoms. The molecule has 1 heterocycles. The largest absolute Gasteiger partial charge is 0.330 e. The quantitative estimate of drug-likeness (QED) is 0.864. The fraction of sp³-hybridized carbons (Fsp3) is 0.500. The monoisotopic (exact) mass is 232 g/mol. The topological polar surface area (TPSA) is 46.3 Å². The van der Waals surface area contributed by atoms with Crippen molar-refractivity contribution in [1.82, 2.24) is 0 Å². The first-order valence-electron chi connectivity index (χ1n) is 6.24. The molecule has 1 aliphatic heterocycles. The van der Waals surface area contributed by atoms with Gasteiger partial charge in [0.05, 0.1) is 5.92 Å². The van der Waals surface area contributed by atoms with Gasteiger partial charge in [0.2, 0.25) is 5.91 Å². The van der Waals surface area contributed by atoms with Crippen LogP contribution in [-0.2, 0) is 11.2 Å². The van der Waals surface area contributed by atoms with Gasteiger partial charge in [-0.15, -0.1) is 0 Å². The standard InChI is InChI=1S/C14H20N2O/c1-10(2)12(9-15)14(17)16-8-7-11-5-3-4-6-13(11)16/h3-6,10,12H,7-9,15H2,1-2H3. The molecule has 0 bridgehead atoms. The maximum absolute atomic E-state index is 12.4. The van der Waals surface area contributed by atoms with Gasteiger partial charge in [0, 0.05) is 18.8 Å². The molecule has 0 aliphatic carbocycles. The average molecular weight is 232 g/mol. The van der Waals surface area contributed by atoms with Crippen molar-refractivity contribution in [3.63, 3.8) is 0 Å². The minimum atomic E-state index is -0.0684. The molecule has 3 nitrogen and oxygen atoms in total. The predicted octanol–water partition coefficient (Wildman–Crippen LogP) is 1.81. The summed E-state index contributed by atoms with van der Waals surface area (Å²) in [7, 11) is 0. The van der Waals surface area contributed by atoms with Crippen molar-refractivity contribution in [1.29, 1.82) is 0 Å². The Morgan fingerprint density at radius 2 is 2.12 bits per heavy atom. The van der Waals surface area contributed by atoms with Gasteiger partial charge in [0.25, 0.3) is 0 Å². The predicted molar refractivity (Wildman–Crippen MR) is 69.9 cm³/mol. The van der Waals surface area contributed by atoms with Crippen LogP contribution < -0.4 is 10.6 Å². The summed E-state index contributed by atoms with van der Waals surface area (Å²) >= 11 is 0. The molecule has 0 saturated heterocycles. The smallest absolute Gasteiger partial charge is 0.231 e. The van der Waals surface area contributed by atoms with E-state index in [1.807, 2.05) is 23.1 Å². The van der Waals surface area contributed by atoms with E-state index in [4.69, 9.17) is 5.73 Å². The highest BCUT2D eigenvalue weighted by atomic mass is 16.2. The SMILES string of the molecule is CC(C)C(CN)C(=O)N1CCc2ccccc21. The summed E-state index contributed by atoms with van der Waals surface area (Å²) in [6.45, 7) is 5.32. The van der Waals surface area contributed by atoms with E-state index in [9.17, 15) is 4.79 Å². The van der Waals surface area contributed by atoms with E-state index in [2.05, 4.69) is 19.9 Å². The van der Waals surface area contributed by atoms with Gasteiger partial charge in [-0.05, 0) is 24.0 Å². The molecule has 1 unspecified atom stereocenters. The number of hydrogen-bond donors (Lipinski definition) is 1. The third kappa shape index (κ3) is 2.20. The molecule has 17 heavy (non-hydrogen) atoms. The van der Waals surface area contributed by atoms with Crippen molar-refractivity contribution in [2.75, 3.05) is 18.0 Å². The van der Waals surface area contributed by atoms with E-state index in [-0.39, 0.29) is 11.8 Å². The van der Waals surface area contributed by atoms with Gasteiger partial charge in [-0.2, -0.15) is 0 Å². The van der Waals surface area contributed by atoms with Gasteiger partial charge in [-0.1, -0.05) is 32.0 Å². The molecule has 92 valence electrons. The average Bonchev–Trinajstić information content (AvgIpc) is 2.72. The van der Waals surface area contributed by atoms with Crippen LogP contribution in [0.2, 0.25) is 0 Å². The fourth-order valence-corrected chi connectivity index (χ4v) is 2.43. The minimum Gasteiger partial charge on any atom is -0.330 e. The highest BCUT2D eigenvalue weighted by Gasteiger charge is 2.30. The minimum absolute atomic E-state index is 0.0684. The summed E-state index contributed by atoms with van der Waals surface area (Å²) in [6.07, 6.45) is 0.956. The third-order valence-electron chi connectivity index (χ3n) is 3.53. The molecule has 0 spiro atoms. The highest BCUT2D eigenvalue weighted by Crippen LogP contribution is 2.29. The number of nitrogens with zero attached hydrogens (tertiary/aromatic N) is 1. The summed E-state index contributed by atoms with van der Waals surface area (Å²) in [5.41, 5.74) is 8.05. The molecule has 1 aromatic rings. The molecule has 1 atom stereocenters. The van der Waals surface area contributed by atoms with Crippen LogP contribution in [0.3, 0.4) is 0 Å². The highest BCUT2D eigenvalue weighted by molar-refractivity contribution is 5.97. The summed E-state index contributed by atoms with van der Waals surface area (Å²) in [6, 6.07) is 8.12. The van der Waals surface area contributed by atoms with E-state index in [1.54, 1.807) is 0 Å². The Hall–Kier alpha value is -1.35. The van der Waals surface area contributed by atoms with Crippen LogP contribution in [0.5, 0.6) is 0 Å². The normalized spacial score (nSPS) is 16.1. The molecular weight excluding hydrogens is 212 g/mol. The first-order valence-corrected chi connectivity index (χ1v) is 6.24. The Bertz CT molecular complexity index is 414. The number of anilines is 1. The number of benzene rings is 1. The van der Waals surface area contributed by atoms with E-state index in [0.29, 0.717) is 12.5 Å². The molecule has 2 N–H and O–H groups in total. The second-order valence-electron chi connectivity index (χ2n) is 4.95. The molecule has 0 fully saturated rings. The van der Waals surface area contributed by atoms with E-state index in [1.165, 1.54) is 5.56 Å². The molecular formula is C14H20N2O. The van der Waals surface area contributed by atoms with Gasteiger partial charge in [0.15, 0.2) is 0 Å². The zero-order valence-electron chi connectivity index (χ0n) is 10.5. The van der Waals surface area contributed by atoms with Gasteiger partial charge in [-0.3, -0.25) is 4.79 Å². The Kier molecular flexibility index (Phi) is 3.48. The van der Waals surface area contributed by atoms with Crippen molar-refractivity contribution in [3.05, 3.63) is 29.8 Å². The van der Waals surface area contributed by atoms with Crippen molar-refractivity contribution in [2.24, 2.45) is 17.6 Å². The number of hydrogen-bond acceptors (Lipinski definition) is 2. The first-order chi connectivity index (χ1) is 8.15. The Morgan fingerprint density at radius 3 is 2.76 bits per heavy atom. The Balaban J connectivity index is 2.23. The van der Waals surface area contributed by atoms with E-state index in [0.717, 1.165) is 18.7 Å². The van der Waals surface area contributed by atoms with Crippen LogP contribution in [0.4, 0.5) is 5.69 Å². The van der Waals surface area contributed by atoms with Crippen molar-refractivity contribution in [3.8, 4) is 0 Å². The summed E-state index contributed by atoms with van der Waals surface area (Å²) in [5, 5.41) is 0. The summed E-state index contributed by atoms with van der Waals surface area (Å²) < 4.78 is 0. The van der Waals surface area contributed by atoms with Crippen LogP contribution in [0, 0.1) is 11.8 Å². The van der Waals surface area contributed by atoms with Crippen LogP contribution >= 0.6 is 0 Å². The molecule has 0 saturated carbocycles. The Morgan fingerprint density at radius 1 is 1.41 bits per heavy atom. The lowest BCUT2D eigenvalue weighted by Gasteiger charge is -2.25. The molecule has 1 amide bonds. The molecule has 1 aliphatic rings. The number of para-hydroxylation sites is 1. The van der Waals surface area contributed by atoms with E-state index >= 15 is 0 Å². The first kappa shape index (κ1) is 12.1. The maximum atomic E-state index is 12.4. The zero-order chi connectivity index (χ0) is 12.4. The van der Waals surface area contributed by atoms with Crippen LogP contribution in [0.25, 0.3) is 0 Å². The lowest BCUT2D eigenvalue weighted by molar-refractivity contribution is -0.123. The van der Waals surface area contributed by atoms with Crippen LogP contribution in [0.15, 0.2) is 24.3 Å². The van der Waals surface area contributed by atoms with Gasteiger partial charge in [0.1, 0.15) is 0 Å². The lowest BCUT2D eigenvalue weighted by Crippen LogP contribution is -2.40. The number of carbonyl (C=O) groups is 1. The van der Waals surface area contributed by atoms with E-state index < -0.39 is 0 Å². The van der Waals surface area contributed by atoms with Crippen LogP contribution in [0.1, 0.15) is 19.4 Å². The zero-order valence-corrected chi connectivity index (χ0v) is 10.5. The van der Waals surface area contributed by atoms with Gasteiger partial charge >= 0.3 is 0 Å². The maximum Gasteiger partial charge on any atom is 0.231 e. The van der Waals surface area contributed by atoms with Crippen LogP contribution in [-0.4, -0.2) is 19.0 Å². The molecule has 0 aromatic heterocycles. The van der Waals surface area contributed by atoms with Crippen molar-refractivity contribution >= 4 is 11.6 Å². The van der Waals surface area contributed by atoms with Gasteiger partial charge in [-0.25, -0.2) is 0 Å². The Labute approximate surface area is 103 Å². The third-order valence-corrected chi connectivity index (χ3v) is 3.53. The molecule has 2 rings (SSSR count). The number of carbonyl (C=O) groups excluding carboxylic acids is 1. The molecule has 1 aromatic carbocycles. The number of amides is 1. The summed E-state index contributed by atoms with van der Waals surface area (Å²) in [4.78, 5) is 14.3. The van der Waals surface area contributed by atoms with Crippen molar-refractivity contribution in [2.45, 2.75) is 20.3 Å². The number of rotatable bonds is 3. The number of fused-ring (bicyclic) bond motifs is 1. The second-order valence-corrected chi connectivity index (χ2v) is 4.95. The second kappa shape index (κ2) is 4.88. The van der Waals surface area contributed by atoms with Crippen molar-refractivity contribution < 1.29 is 4.79 Å².